The van der Waals surface area contributed by atoms with Crippen molar-refractivity contribution >= 4 is 61.5 Å². The second-order valence-corrected chi connectivity index (χ2v) is 6.68. The van der Waals surface area contributed by atoms with Crippen LogP contribution in [0.2, 0.25) is 5.02 Å². The van der Waals surface area contributed by atoms with Gasteiger partial charge in [0.25, 0.3) is 0 Å². The van der Waals surface area contributed by atoms with Gasteiger partial charge in [0, 0.05) is 17.9 Å². The number of nitrogens with two attached hydrogens (primary N) is 1. The quantitative estimate of drug-likeness (QED) is 0.682. The van der Waals surface area contributed by atoms with E-state index >= 15 is 0 Å². The third-order valence-corrected chi connectivity index (χ3v) is 5.39. The topological polar surface area (TPSA) is 26.0 Å². The van der Waals surface area contributed by atoms with Gasteiger partial charge in [-0.15, -0.1) is 11.3 Å². The maximum absolute atomic E-state index is 6.25. The predicted molar refractivity (Wildman–Crippen MR) is 82.2 cm³/mol. The zero-order valence-corrected chi connectivity index (χ0v) is 13.4. The summed E-state index contributed by atoms with van der Waals surface area (Å²) >= 11 is 13.4. The van der Waals surface area contributed by atoms with Crippen molar-refractivity contribution in [2.75, 3.05) is 0 Å². The van der Waals surface area contributed by atoms with Crippen molar-refractivity contribution in [1.82, 2.24) is 0 Å². The van der Waals surface area contributed by atoms with Crippen molar-refractivity contribution in [2.24, 2.45) is 5.73 Å². The summed E-state index contributed by atoms with van der Waals surface area (Å²) in [7, 11) is 0. The van der Waals surface area contributed by atoms with Gasteiger partial charge in [0.05, 0.1) is 6.04 Å². The Morgan fingerprint density at radius 2 is 2.12 bits per heavy atom. The van der Waals surface area contributed by atoms with Gasteiger partial charge in [0.1, 0.15) is 0 Å². The molecule has 2 N–H and O–H groups in total. The Bertz CT molecular complexity index is 514. The van der Waals surface area contributed by atoms with Crippen molar-refractivity contribution in [3.8, 4) is 0 Å². The second-order valence-electron chi connectivity index (χ2n) is 3.28. The Hall–Kier alpha value is 0.380. The summed E-state index contributed by atoms with van der Waals surface area (Å²) < 4.78 is 2.19. The molecule has 0 fully saturated rings. The van der Waals surface area contributed by atoms with E-state index in [1.165, 1.54) is 0 Å². The molecule has 1 unspecified atom stereocenters. The van der Waals surface area contributed by atoms with E-state index in [4.69, 9.17) is 17.3 Å². The summed E-state index contributed by atoms with van der Waals surface area (Å²) in [6, 6.07) is 7.68. The first-order valence-corrected chi connectivity index (χ1v) is 7.66. The van der Waals surface area contributed by atoms with Crippen LogP contribution < -0.4 is 5.73 Å². The third kappa shape index (κ3) is 2.61. The molecule has 0 amide bonds. The minimum Gasteiger partial charge on any atom is -0.320 e. The first-order chi connectivity index (χ1) is 7.59. The van der Waals surface area contributed by atoms with Crippen LogP contribution in [0.3, 0.4) is 0 Å². The van der Waals surface area contributed by atoms with Crippen molar-refractivity contribution < 1.29 is 0 Å². The average molecular weight is 429 g/mol. The van der Waals surface area contributed by atoms with Gasteiger partial charge in [-0.3, -0.25) is 0 Å². The monoisotopic (exact) mass is 427 g/mol. The molecule has 0 saturated heterocycles. The van der Waals surface area contributed by atoms with Gasteiger partial charge in [-0.2, -0.15) is 0 Å². The van der Waals surface area contributed by atoms with Crippen LogP contribution in [-0.2, 0) is 0 Å². The first kappa shape index (κ1) is 12.8. The lowest BCUT2D eigenvalue weighted by molar-refractivity contribution is 0.882. The molecule has 0 aliphatic heterocycles. The molecular weight excluding hydrogens is 420 g/mol. The first-order valence-electron chi connectivity index (χ1n) is 4.53. The van der Waals surface area contributed by atoms with Crippen LogP contribution in [0.5, 0.6) is 0 Å². The molecule has 0 bridgehead atoms. The van der Waals surface area contributed by atoms with Crippen LogP contribution in [0.15, 0.2) is 34.1 Å². The van der Waals surface area contributed by atoms with Gasteiger partial charge in [0.2, 0.25) is 0 Å². The highest BCUT2D eigenvalue weighted by Gasteiger charge is 2.16. The highest BCUT2D eigenvalue weighted by molar-refractivity contribution is 14.1. The fourth-order valence-electron chi connectivity index (χ4n) is 1.42. The fourth-order valence-corrected chi connectivity index (χ4v) is 3.91. The van der Waals surface area contributed by atoms with Crippen LogP contribution in [0.4, 0.5) is 0 Å². The van der Waals surface area contributed by atoms with E-state index in [-0.39, 0.29) is 6.04 Å². The number of benzene rings is 1. The van der Waals surface area contributed by atoms with Crippen LogP contribution >= 0.6 is 61.5 Å². The lowest BCUT2D eigenvalue weighted by Gasteiger charge is -2.13. The number of halogens is 3. The van der Waals surface area contributed by atoms with Crippen LogP contribution in [0.25, 0.3) is 0 Å². The van der Waals surface area contributed by atoms with Gasteiger partial charge < -0.3 is 5.73 Å². The van der Waals surface area contributed by atoms with Gasteiger partial charge >= 0.3 is 0 Å². The molecule has 1 aromatic carbocycles. The number of rotatable bonds is 2. The molecule has 0 saturated carbocycles. The van der Waals surface area contributed by atoms with E-state index in [9.17, 15) is 0 Å². The lowest BCUT2D eigenvalue weighted by Crippen LogP contribution is -2.12. The van der Waals surface area contributed by atoms with Crippen LogP contribution in [0.1, 0.15) is 16.5 Å². The molecule has 0 spiro atoms. The molecule has 1 atom stereocenters. The molecule has 1 nitrogen and oxygen atoms in total. The molecule has 1 heterocycles. The van der Waals surface area contributed by atoms with Gasteiger partial charge in [-0.1, -0.05) is 11.6 Å². The number of hydrogen-bond donors (Lipinski definition) is 1. The maximum Gasteiger partial charge on any atom is 0.0668 e. The van der Waals surface area contributed by atoms with Crippen molar-refractivity contribution in [2.45, 2.75) is 6.04 Å². The van der Waals surface area contributed by atoms with E-state index in [1.807, 2.05) is 29.6 Å². The van der Waals surface area contributed by atoms with E-state index in [0.29, 0.717) is 0 Å². The Morgan fingerprint density at radius 1 is 1.38 bits per heavy atom. The van der Waals surface area contributed by atoms with Gasteiger partial charge in [-0.05, 0) is 73.7 Å². The molecule has 1 aromatic heterocycles. The summed E-state index contributed by atoms with van der Waals surface area (Å²) in [5, 5.41) is 2.75. The van der Waals surface area contributed by atoms with Gasteiger partial charge in [0.15, 0.2) is 0 Å². The van der Waals surface area contributed by atoms with E-state index in [2.05, 4.69) is 38.5 Å². The SMILES string of the molecule is NC(c1cc(Cl)ccc1I)c1sccc1Br. The zero-order chi connectivity index (χ0) is 11.7. The number of thiophene rings is 1. The predicted octanol–water partition coefficient (Wildman–Crippen LogP) is 4.82. The standard InChI is InChI=1S/C11H8BrClINS/c12-8-3-4-16-11(8)10(15)7-5-6(13)1-2-9(7)14/h1-5,10H,15H2. The Kier molecular flexibility index (Phi) is 4.29. The molecular formula is C11H8BrClINS. The normalized spacial score (nSPS) is 12.8. The Balaban J connectivity index is 2.45. The van der Waals surface area contributed by atoms with E-state index < -0.39 is 0 Å². The summed E-state index contributed by atoms with van der Waals surface area (Å²) in [5.74, 6) is 0. The Labute approximate surface area is 125 Å². The second kappa shape index (κ2) is 5.35. The zero-order valence-electron chi connectivity index (χ0n) is 8.08. The van der Waals surface area contributed by atoms with Gasteiger partial charge in [-0.25, -0.2) is 0 Å². The molecule has 0 aliphatic rings. The highest BCUT2D eigenvalue weighted by atomic mass is 127. The summed E-state index contributed by atoms with van der Waals surface area (Å²) in [6.07, 6.45) is 0. The fraction of sp³-hybridized carbons (Fsp3) is 0.0909. The Morgan fingerprint density at radius 3 is 2.75 bits per heavy atom. The minimum atomic E-state index is -0.125. The van der Waals surface area contributed by atoms with Crippen LogP contribution in [0, 0.1) is 3.57 Å². The van der Waals surface area contributed by atoms with Crippen LogP contribution in [-0.4, -0.2) is 0 Å². The largest absolute Gasteiger partial charge is 0.320 e. The lowest BCUT2D eigenvalue weighted by atomic mass is 10.1. The highest BCUT2D eigenvalue weighted by Crippen LogP contribution is 2.34. The maximum atomic E-state index is 6.25. The smallest absolute Gasteiger partial charge is 0.0668 e. The van der Waals surface area contributed by atoms with E-state index in [0.717, 1.165) is 23.5 Å². The molecule has 2 aromatic rings. The molecule has 0 aliphatic carbocycles. The molecule has 16 heavy (non-hydrogen) atoms. The molecule has 84 valence electrons. The van der Waals surface area contributed by atoms with Crippen molar-refractivity contribution in [1.29, 1.82) is 0 Å². The third-order valence-electron chi connectivity index (χ3n) is 2.22. The summed E-state index contributed by atoms with van der Waals surface area (Å²) in [6.45, 7) is 0. The summed E-state index contributed by atoms with van der Waals surface area (Å²) in [4.78, 5) is 1.13. The van der Waals surface area contributed by atoms with E-state index in [1.54, 1.807) is 11.3 Å². The molecule has 5 heteroatoms. The average Bonchev–Trinajstić information content (AvgIpc) is 2.67. The molecule has 0 radical (unpaired) electrons. The molecule has 2 rings (SSSR count). The minimum absolute atomic E-state index is 0.125. The van der Waals surface area contributed by atoms with Crippen molar-refractivity contribution in [3.05, 3.63) is 53.2 Å². The number of hydrogen-bond acceptors (Lipinski definition) is 2. The summed E-state index contributed by atoms with van der Waals surface area (Å²) in [5.41, 5.74) is 7.31. The van der Waals surface area contributed by atoms with Crippen molar-refractivity contribution in [3.63, 3.8) is 0 Å².